The molecule has 2 rings (SSSR count). The first-order valence-corrected chi connectivity index (χ1v) is 6.22. The minimum atomic E-state index is 0.922. The SMILES string of the molecule is CON=C(c1cccs1)c1ccc(C)s1. The van der Waals surface area contributed by atoms with Crippen molar-refractivity contribution in [1.29, 1.82) is 0 Å². The lowest BCUT2D eigenvalue weighted by atomic mass is 10.2. The summed E-state index contributed by atoms with van der Waals surface area (Å²) in [6.07, 6.45) is 0. The third kappa shape index (κ3) is 2.27. The summed E-state index contributed by atoms with van der Waals surface area (Å²) < 4.78 is 0. The van der Waals surface area contributed by atoms with Gasteiger partial charge in [-0.2, -0.15) is 0 Å². The Bertz CT molecular complexity index is 457. The van der Waals surface area contributed by atoms with E-state index in [2.05, 4.69) is 30.3 Å². The Kier molecular flexibility index (Phi) is 3.18. The molecule has 0 fully saturated rings. The van der Waals surface area contributed by atoms with Crippen LogP contribution in [0.3, 0.4) is 0 Å². The van der Waals surface area contributed by atoms with Gasteiger partial charge in [0.1, 0.15) is 12.8 Å². The molecule has 4 heteroatoms. The molecule has 0 saturated heterocycles. The molecule has 78 valence electrons. The minimum Gasteiger partial charge on any atom is -0.399 e. The highest BCUT2D eigenvalue weighted by Crippen LogP contribution is 2.22. The van der Waals surface area contributed by atoms with Crippen molar-refractivity contribution in [2.45, 2.75) is 6.92 Å². The zero-order valence-electron chi connectivity index (χ0n) is 8.56. The molecule has 2 nitrogen and oxygen atoms in total. The van der Waals surface area contributed by atoms with Gasteiger partial charge >= 0.3 is 0 Å². The molecule has 0 aliphatic rings. The third-order valence-corrected chi connectivity index (χ3v) is 3.79. The largest absolute Gasteiger partial charge is 0.399 e. The van der Waals surface area contributed by atoms with Gasteiger partial charge in [-0.3, -0.25) is 0 Å². The molecular formula is C11H11NOS2. The van der Waals surface area contributed by atoms with Gasteiger partial charge in [0.05, 0.1) is 9.75 Å². The molecule has 0 atom stereocenters. The van der Waals surface area contributed by atoms with Crippen molar-refractivity contribution in [2.24, 2.45) is 5.16 Å². The molecule has 0 spiro atoms. The van der Waals surface area contributed by atoms with E-state index in [1.165, 1.54) is 4.88 Å². The smallest absolute Gasteiger partial charge is 0.137 e. The fourth-order valence-corrected chi connectivity index (χ4v) is 2.93. The lowest BCUT2D eigenvalue weighted by Crippen LogP contribution is -1.98. The quantitative estimate of drug-likeness (QED) is 0.591. The molecule has 0 bridgehead atoms. The first-order valence-electron chi connectivity index (χ1n) is 4.53. The molecule has 2 heterocycles. The molecule has 2 aromatic rings. The molecule has 2 aromatic heterocycles. The average Bonchev–Trinajstić information content (AvgIpc) is 2.85. The molecule has 0 N–H and O–H groups in total. The van der Waals surface area contributed by atoms with Crippen molar-refractivity contribution in [3.05, 3.63) is 44.3 Å². The van der Waals surface area contributed by atoms with E-state index in [0.717, 1.165) is 15.5 Å². The number of aryl methyl sites for hydroxylation is 1. The van der Waals surface area contributed by atoms with Gasteiger partial charge in [-0.15, -0.1) is 22.7 Å². The van der Waals surface area contributed by atoms with Gasteiger partial charge in [0.2, 0.25) is 0 Å². The van der Waals surface area contributed by atoms with Crippen molar-refractivity contribution in [2.75, 3.05) is 7.11 Å². The molecule has 0 radical (unpaired) electrons. The summed E-state index contributed by atoms with van der Waals surface area (Å²) in [5, 5.41) is 6.13. The second-order valence-electron chi connectivity index (χ2n) is 3.01. The van der Waals surface area contributed by atoms with Gasteiger partial charge in [0.15, 0.2) is 0 Å². The Balaban J connectivity index is 2.41. The summed E-state index contributed by atoms with van der Waals surface area (Å²) in [7, 11) is 1.58. The normalized spacial score (nSPS) is 11.7. The van der Waals surface area contributed by atoms with Gasteiger partial charge in [0.25, 0.3) is 0 Å². The fourth-order valence-electron chi connectivity index (χ4n) is 1.28. The summed E-state index contributed by atoms with van der Waals surface area (Å²) in [5.41, 5.74) is 0.922. The molecular weight excluding hydrogens is 226 g/mol. The Hall–Kier alpha value is -1.13. The molecule has 0 unspecified atom stereocenters. The van der Waals surface area contributed by atoms with Crippen LogP contribution < -0.4 is 0 Å². The van der Waals surface area contributed by atoms with Crippen LogP contribution in [0.1, 0.15) is 14.6 Å². The van der Waals surface area contributed by atoms with Crippen LogP contribution in [0.4, 0.5) is 0 Å². The third-order valence-electron chi connectivity index (χ3n) is 1.91. The predicted molar refractivity (Wildman–Crippen MR) is 66.0 cm³/mol. The van der Waals surface area contributed by atoms with Gasteiger partial charge < -0.3 is 4.84 Å². The summed E-state index contributed by atoms with van der Waals surface area (Å²) in [5.74, 6) is 0. The zero-order valence-corrected chi connectivity index (χ0v) is 10.2. The van der Waals surface area contributed by atoms with E-state index in [1.807, 2.05) is 11.4 Å². The van der Waals surface area contributed by atoms with Gasteiger partial charge in [-0.25, -0.2) is 0 Å². The van der Waals surface area contributed by atoms with Crippen LogP contribution in [-0.4, -0.2) is 12.8 Å². The minimum absolute atomic E-state index is 0.922. The van der Waals surface area contributed by atoms with Crippen LogP contribution in [-0.2, 0) is 4.84 Å². The van der Waals surface area contributed by atoms with E-state index < -0.39 is 0 Å². The number of hydrogen-bond donors (Lipinski definition) is 0. The number of rotatable bonds is 3. The maximum absolute atomic E-state index is 4.89. The molecule has 15 heavy (non-hydrogen) atoms. The molecule has 0 aliphatic heterocycles. The van der Waals surface area contributed by atoms with Crippen LogP contribution in [0.25, 0.3) is 0 Å². The maximum atomic E-state index is 4.89. The molecule has 0 saturated carbocycles. The average molecular weight is 237 g/mol. The maximum Gasteiger partial charge on any atom is 0.137 e. The number of oxime groups is 1. The van der Waals surface area contributed by atoms with Gasteiger partial charge in [0, 0.05) is 4.88 Å². The van der Waals surface area contributed by atoms with Gasteiger partial charge in [-0.1, -0.05) is 11.2 Å². The standard InChI is InChI=1S/C11H11NOS2/c1-8-5-6-10(15-8)11(12-13-2)9-4-3-7-14-9/h3-7H,1-2H3. The highest BCUT2D eigenvalue weighted by atomic mass is 32.1. The Labute approximate surface area is 96.8 Å². The van der Waals surface area contributed by atoms with Crippen molar-refractivity contribution in [3.8, 4) is 0 Å². The summed E-state index contributed by atoms with van der Waals surface area (Å²) in [4.78, 5) is 8.46. The second-order valence-corrected chi connectivity index (χ2v) is 5.25. The van der Waals surface area contributed by atoms with Crippen LogP contribution in [0.2, 0.25) is 0 Å². The van der Waals surface area contributed by atoms with Crippen LogP contribution >= 0.6 is 22.7 Å². The summed E-state index contributed by atoms with van der Waals surface area (Å²) >= 11 is 3.40. The highest BCUT2D eigenvalue weighted by molar-refractivity contribution is 7.16. The topological polar surface area (TPSA) is 21.6 Å². The molecule has 0 amide bonds. The van der Waals surface area contributed by atoms with E-state index in [4.69, 9.17) is 4.84 Å². The lowest BCUT2D eigenvalue weighted by Gasteiger charge is -1.99. The van der Waals surface area contributed by atoms with Crippen molar-refractivity contribution < 1.29 is 4.84 Å². The highest BCUT2D eigenvalue weighted by Gasteiger charge is 2.10. The summed E-state index contributed by atoms with van der Waals surface area (Å²) in [6, 6.07) is 8.25. The Morgan fingerprint density at radius 1 is 1.27 bits per heavy atom. The Morgan fingerprint density at radius 3 is 2.67 bits per heavy atom. The molecule has 0 aromatic carbocycles. The van der Waals surface area contributed by atoms with Crippen LogP contribution in [0, 0.1) is 6.92 Å². The number of hydrogen-bond acceptors (Lipinski definition) is 4. The number of thiophene rings is 2. The van der Waals surface area contributed by atoms with Crippen molar-refractivity contribution in [1.82, 2.24) is 0 Å². The van der Waals surface area contributed by atoms with Crippen molar-refractivity contribution in [3.63, 3.8) is 0 Å². The van der Waals surface area contributed by atoms with E-state index in [9.17, 15) is 0 Å². The van der Waals surface area contributed by atoms with Crippen molar-refractivity contribution >= 4 is 28.4 Å². The lowest BCUT2D eigenvalue weighted by molar-refractivity contribution is 0.214. The van der Waals surface area contributed by atoms with E-state index in [1.54, 1.807) is 29.8 Å². The summed E-state index contributed by atoms with van der Waals surface area (Å²) in [6.45, 7) is 2.09. The monoisotopic (exact) mass is 237 g/mol. The fraction of sp³-hybridized carbons (Fsp3) is 0.182. The predicted octanol–water partition coefficient (Wildman–Crippen LogP) is 3.52. The number of nitrogens with zero attached hydrogens (tertiary/aromatic N) is 1. The first kappa shape index (κ1) is 10.4. The van der Waals surface area contributed by atoms with E-state index in [-0.39, 0.29) is 0 Å². The van der Waals surface area contributed by atoms with Crippen LogP contribution in [0.5, 0.6) is 0 Å². The first-order chi connectivity index (χ1) is 7.31. The van der Waals surface area contributed by atoms with Gasteiger partial charge in [-0.05, 0) is 30.5 Å². The van der Waals surface area contributed by atoms with E-state index >= 15 is 0 Å². The van der Waals surface area contributed by atoms with E-state index in [0.29, 0.717) is 0 Å². The second kappa shape index (κ2) is 4.59. The zero-order chi connectivity index (χ0) is 10.7. The van der Waals surface area contributed by atoms with Crippen LogP contribution in [0.15, 0.2) is 34.8 Å². The molecule has 0 aliphatic carbocycles. The Morgan fingerprint density at radius 2 is 2.13 bits per heavy atom.